The molecule has 0 aliphatic heterocycles. The van der Waals surface area contributed by atoms with Gasteiger partial charge in [0.2, 0.25) is 5.91 Å². The summed E-state index contributed by atoms with van der Waals surface area (Å²) in [6, 6.07) is 21.7. The Hall–Kier alpha value is -2.36. The van der Waals surface area contributed by atoms with Crippen LogP contribution in [0.25, 0.3) is 10.8 Å². The molecule has 3 aromatic carbocycles. The van der Waals surface area contributed by atoms with E-state index in [2.05, 4.69) is 16.7 Å². The number of benzene rings is 3. The van der Waals surface area contributed by atoms with Gasteiger partial charge < -0.3 is 10.6 Å². The SMILES string of the molecule is C[C@@H](NCC(=O)Nc1ccc2ccccc2c1)c1ccc(Cl)cc1. The molecule has 4 heteroatoms. The Balaban J connectivity index is 1.57. The van der Waals surface area contributed by atoms with Gasteiger partial charge in [0.1, 0.15) is 0 Å². The van der Waals surface area contributed by atoms with Gasteiger partial charge in [-0.2, -0.15) is 0 Å². The lowest BCUT2D eigenvalue weighted by Gasteiger charge is -2.14. The lowest BCUT2D eigenvalue weighted by Crippen LogP contribution is -2.30. The Kier molecular flexibility index (Phi) is 5.14. The van der Waals surface area contributed by atoms with Crippen molar-refractivity contribution in [3.63, 3.8) is 0 Å². The van der Waals surface area contributed by atoms with E-state index in [-0.39, 0.29) is 18.5 Å². The normalized spacial score (nSPS) is 12.1. The smallest absolute Gasteiger partial charge is 0.238 e. The summed E-state index contributed by atoms with van der Waals surface area (Å²) in [7, 11) is 0. The lowest BCUT2D eigenvalue weighted by molar-refractivity contribution is -0.115. The summed E-state index contributed by atoms with van der Waals surface area (Å²) in [6.45, 7) is 2.27. The fourth-order valence-electron chi connectivity index (χ4n) is 2.59. The molecular weight excluding hydrogens is 320 g/mol. The molecule has 0 spiro atoms. The molecule has 0 fully saturated rings. The van der Waals surface area contributed by atoms with Gasteiger partial charge in [0.05, 0.1) is 6.54 Å². The van der Waals surface area contributed by atoms with Crippen LogP contribution in [-0.2, 0) is 4.79 Å². The number of hydrogen-bond acceptors (Lipinski definition) is 2. The average molecular weight is 339 g/mol. The van der Waals surface area contributed by atoms with Gasteiger partial charge in [-0.15, -0.1) is 0 Å². The summed E-state index contributed by atoms with van der Waals surface area (Å²) >= 11 is 5.89. The van der Waals surface area contributed by atoms with Crippen molar-refractivity contribution in [2.45, 2.75) is 13.0 Å². The third kappa shape index (κ3) is 4.13. The predicted octanol–water partition coefficient (Wildman–Crippen LogP) is 4.78. The maximum absolute atomic E-state index is 12.1. The standard InChI is InChI=1S/C20H19ClN2O/c1-14(15-6-9-18(21)10-7-15)22-13-20(24)23-19-11-8-16-4-2-3-5-17(16)12-19/h2-12,14,22H,13H2,1H3,(H,23,24)/t14-/m1/s1. The Bertz CT molecular complexity index is 846. The van der Waals surface area contributed by atoms with E-state index >= 15 is 0 Å². The van der Waals surface area contributed by atoms with E-state index in [9.17, 15) is 4.79 Å². The molecule has 2 N–H and O–H groups in total. The second kappa shape index (κ2) is 7.47. The third-order valence-corrected chi connectivity index (χ3v) is 4.22. The van der Waals surface area contributed by atoms with Crippen molar-refractivity contribution in [3.8, 4) is 0 Å². The molecule has 0 saturated heterocycles. The fourth-order valence-corrected chi connectivity index (χ4v) is 2.71. The van der Waals surface area contributed by atoms with Gasteiger partial charge in [-0.3, -0.25) is 4.79 Å². The first-order valence-electron chi connectivity index (χ1n) is 7.89. The maximum Gasteiger partial charge on any atom is 0.238 e. The largest absolute Gasteiger partial charge is 0.325 e. The van der Waals surface area contributed by atoms with Crippen LogP contribution >= 0.6 is 11.6 Å². The number of fused-ring (bicyclic) bond motifs is 1. The minimum Gasteiger partial charge on any atom is -0.325 e. The van der Waals surface area contributed by atoms with Gasteiger partial charge in [0, 0.05) is 16.8 Å². The van der Waals surface area contributed by atoms with E-state index in [1.54, 1.807) is 0 Å². The summed E-state index contributed by atoms with van der Waals surface area (Å²) < 4.78 is 0. The van der Waals surface area contributed by atoms with Crippen molar-refractivity contribution in [2.75, 3.05) is 11.9 Å². The zero-order valence-corrected chi connectivity index (χ0v) is 14.2. The van der Waals surface area contributed by atoms with E-state index < -0.39 is 0 Å². The predicted molar refractivity (Wildman–Crippen MR) is 100 cm³/mol. The minimum atomic E-state index is -0.0638. The molecule has 3 nitrogen and oxygen atoms in total. The summed E-state index contributed by atoms with van der Waals surface area (Å²) in [5, 5.41) is 9.12. The van der Waals surface area contributed by atoms with Crippen LogP contribution in [-0.4, -0.2) is 12.5 Å². The molecule has 1 atom stereocenters. The van der Waals surface area contributed by atoms with E-state index in [1.807, 2.05) is 67.6 Å². The van der Waals surface area contributed by atoms with Crippen molar-refractivity contribution < 1.29 is 4.79 Å². The summed E-state index contributed by atoms with van der Waals surface area (Å²) in [5.74, 6) is -0.0638. The molecule has 0 radical (unpaired) electrons. The fraction of sp³-hybridized carbons (Fsp3) is 0.150. The Morgan fingerprint density at radius 1 is 1.00 bits per heavy atom. The number of rotatable bonds is 5. The van der Waals surface area contributed by atoms with Crippen LogP contribution in [0.5, 0.6) is 0 Å². The molecule has 122 valence electrons. The van der Waals surface area contributed by atoms with Gasteiger partial charge in [0.25, 0.3) is 0 Å². The van der Waals surface area contributed by atoms with E-state index in [0.29, 0.717) is 5.02 Å². The second-order valence-electron chi connectivity index (χ2n) is 5.76. The number of halogens is 1. The van der Waals surface area contributed by atoms with Crippen LogP contribution < -0.4 is 10.6 Å². The van der Waals surface area contributed by atoms with E-state index in [4.69, 9.17) is 11.6 Å². The molecule has 0 bridgehead atoms. The zero-order chi connectivity index (χ0) is 16.9. The molecule has 1 amide bonds. The number of carbonyl (C=O) groups is 1. The highest BCUT2D eigenvalue weighted by Gasteiger charge is 2.08. The van der Waals surface area contributed by atoms with Gasteiger partial charge in [0.15, 0.2) is 0 Å². The number of anilines is 1. The van der Waals surface area contributed by atoms with E-state index in [0.717, 1.165) is 22.0 Å². The van der Waals surface area contributed by atoms with Crippen molar-refractivity contribution in [1.29, 1.82) is 0 Å². The Labute approximate surface area is 146 Å². The van der Waals surface area contributed by atoms with Crippen molar-refractivity contribution >= 4 is 34.0 Å². The highest BCUT2D eigenvalue weighted by Crippen LogP contribution is 2.19. The Morgan fingerprint density at radius 3 is 2.46 bits per heavy atom. The van der Waals surface area contributed by atoms with E-state index in [1.165, 1.54) is 0 Å². The third-order valence-electron chi connectivity index (χ3n) is 3.97. The van der Waals surface area contributed by atoms with Crippen LogP contribution in [0, 0.1) is 0 Å². The van der Waals surface area contributed by atoms with Crippen LogP contribution in [0.4, 0.5) is 5.69 Å². The van der Waals surface area contributed by atoms with Gasteiger partial charge in [-0.1, -0.05) is 54.1 Å². The number of amides is 1. The maximum atomic E-state index is 12.1. The van der Waals surface area contributed by atoms with Crippen LogP contribution in [0.2, 0.25) is 5.02 Å². The van der Waals surface area contributed by atoms with Crippen LogP contribution in [0.15, 0.2) is 66.7 Å². The molecule has 3 aromatic rings. The average Bonchev–Trinajstić information content (AvgIpc) is 2.60. The van der Waals surface area contributed by atoms with Crippen molar-refractivity contribution in [3.05, 3.63) is 77.3 Å². The van der Waals surface area contributed by atoms with Gasteiger partial charge in [-0.25, -0.2) is 0 Å². The molecule has 24 heavy (non-hydrogen) atoms. The molecular formula is C20H19ClN2O. The monoisotopic (exact) mass is 338 g/mol. The molecule has 0 heterocycles. The van der Waals surface area contributed by atoms with Gasteiger partial charge >= 0.3 is 0 Å². The quantitative estimate of drug-likeness (QED) is 0.702. The molecule has 0 unspecified atom stereocenters. The van der Waals surface area contributed by atoms with Crippen LogP contribution in [0.1, 0.15) is 18.5 Å². The molecule has 0 aliphatic rings. The first-order chi connectivity index (χ1) is 11.6. The lowest BCUT2D eigenvalue weighted by atomic mass is 10.1. The number of hydrogen-bond donors (Lipinski definition) is 2. The molecule has 0 aromatic heterocycles. The molecule has 0 saturated carbocycles. The summed E-state index contributed by atoms with van der Waals surface area (Å²) in [4.78, 5) is 12.1. The zero-order valence-electron chi connectivity index (χ0n) is 13.4. The van der Waals surface area contributed by atoms with Crippen molar-refractivity contribution in [2.24, 2.45) is 0 Å². The first-order valence-corrected chi connectivity index (χ1v) is 8.27. The number of carbonyl (C=O) groups excluding carboxylic acids is 1. The van der Waals surface area contributed by atoms with Crippen molar-refractivity contribution in [1.82, 2.24) is 5.32 Å². The second-order valence-corrected chi connectivity index (χ2v) is 6.20. The molecule has 0 aliphatic carbocycles. The first kappa shape index (κ1) is 16.5. The highest BCUT2D eigenvalue weighted by atomic mass is 35.5. The number of nitrogens with one attached hydrogen (secondary N) is 2. The summed E-state index contributed by atoms with van der Waals surface area (Å²) in [5.41, 5.74) is 1.90. The topological polar surface area (TPSA) is 41.1 Å². The minimum absolute atomic E-state index is 0.0638. The van der Waals surface area contributed by atoms with Crippen LogP contribution in [0.3, 0.4) is 0 Å². The molecule has 3 rings (SSSR count). The Morgan fingerprint density at radius 2 is 1.71 bits per heavy atom. The highest BCUT2D eigenvalue weighted by molar-refractivity contribution is 6.30. The van der Waals surface area contributed by atoms with Gasteiger partial charge in [-0.05, 0) is 47.5 Å². The summed E-state index contributed by atoms with van der Waals surface area (Å²) in [6.07, 6.45) is 0.